The van der Waals surface area contributed by atoms with Crippen LogP contribution in [0.5, 0.6) is 0 Å². The van der Waals surface area contributed by atoms with Crippen LogP contribution in [0.25, 0.3) is 26.6 Å². The zero-order valence-corrected chi connectivity index (χ0v) is 18.0. The molecule has 0 atom stereocenters. The molecular weight excluding hydrogens is 404 g/mol. The Hall–Kier alpha value is -3.77. The molecule has 0 spiro atoms. The molecule has 0 aliphatic carbocycles. The Labute approximate surface area is 183 Å². The van der Waals surface area contributed by atoms with Gasteiger partial charge in [0.25, 0.3) is 5.56 Å². The van der Waals surface area contributed by atoms with Gasteiger partial charge in [-0.1, -0.05) is 71.5 Å². The average molecular weight is 425 g/mol. The summed E-state index contributed by atoms with van der Waals surface area (Å²) in [5.41, 5.74) is 5.56. The number of aryl methyl sites for hydroxylation is 1. The molecule has 0 radical (unpaired) electrons. The smallest absolute Gasteiger partial charge is 0.283 e. The van der Waals surface area contributed by atoms with Crippen LogP contribution in [-0.4, -0.2) is 20.5 Å². The summed E-state index contributed by atoms with van der Waals surface area (Å²) in [7, 11) is 0. The van der Waals surface area contributed by atoms with Gasteiger partial charge in [-0.25, -0.2) is 4.98 Å². The minimum Gasteiger partial charge on any atom is -0.288 e. The van der Waals surface area contributed by atoms with Crippen LogP contribution in [0.4, 0.5) is 5.69 Å². The predicted octanol–water partition coefficient (Wildman–Crippen LogP) is 5.89. The molecule has 1 N–H and O–H groups in total. The van der Waals surface area contributed by atoms with Crippen molar-refractivity contribution in [2.24, 2.45) is 4.99 Å². The quantitative estimate of drug-likeness (QED) is 0.366. The Kier molecular flexibility index (Phi) is 4.84. The Morgan fingerprint density at radius 2 is 1.68 bits per heavy atom. The van der Waals surface area contributed by atoms with E-state index in [0.29, 0.717) is 16.4 Å². The summed E-state index contributed by atoms with van der Waals surface area (Å²) >= 11 is 1.48. The van der Waals surface area contributed by atoms with E-state index in [2.05, 4.69) is 10.1 Å². The van der Waals surface area contributed by atoms with Gasteiger partial charge < -0.3 is 0 Å². The molecule has 31 heavy (non-hydrogen) atoms. The van der Waals surface area contributed by atoms with Gasteiger partial charge in [-0.2, -0.15) is 4.68 Å². The van der Waals surface area contributed by atoms with E-state index in [0.717, 1.165) is 27.2 Å². The molecule has 0 fully saturated rings. The summed E-state index contributed by atoms with van der Waals surface area (Å²) in [5, 5.41) is 3.90. The molecule has 6 heteroatoms. The van der Waals surface area contributed by atoms with Gasteiger partial charge in [0, 0.05) is 5.56 Å². The average Bonchev–Trinajstić information content (AvgIpc) is 3.37. The summed E-state index contributed by atoms with van der Waals surface area (Å²) in [4.78, 5) is 22.9. The minimum absolute atomic E-state index is 0.161. The maximum atomic E-state index is 13.5. The first kappa shape index (κ1) is 19.2. The fraction of sp³-hybridized carbons (Fsp3) is 0.0800. The van der Waals surface area contributed by atoms with Crippen LogP contribution in [0, 0.1) is 6.92 Å². The summed E-state index contributed by atoms with van der Waals surface area (Å²) in [6.45, 7) is 3.91. The van der Waals surface area contributed by atoms with Crippen molar-refractivity contribution in [3.05, 3.63) is 100 Å². The first-order valence-corrected chi connectivity index (χ1v) is 10.8. The molecule has 152 valence electrons. The number of rotatable bonds is 4. The van der Waals surface area contributed by atoms with Crippen molar-refractivity contribution >= 4 is 33.0 Å². The number of hydrogen-bond acceptors (Lipinski definition) is 4. The van der Waals surface area contributed by atoms with E-state index in [-0.39, 0.29) is 5.56 Å². The van der Waals surface area contributed by atoms with Crippen LogP contribution in [0.1, 0.15) is 18.1 Å². The lowest BCUT2D eigenvalue weighted by atomic mass is 10.1. The Morgan fingerprint density at radius 1 is 0.968 bits per heavy atom. The van der Waals surface area contributed by atoms with E-state index in [1.165, 1.54) is 21.6 Å². The monoisotopic (exact) mass is 424 g/mol. The number of aliphatic imine (C=N–C) groups is 1. The van der Waals surface area contributed by atoms with E-state index in [4.69, 9.17) is 4.99 Å². The first-order valence-electron chi connectivity index (χ1n) is 9.99. The second-order valence-electron chi connectivity index (χ2n) is 7.37. The van der Waals surface area contributed by atoms with Crippen molar-refractivity contribution in [3.63, 3.8) is 0 Å². The molecule has 5 rings (SSSR count). The molecule has 0 aliphatic rings. The third-order valence-electron chi connectivity index (χ3n) is 5.12. The highest BCUT2D eigenvalue weighted by Gasteiger charge is 2.21. The van der Waals surface area contributed by atoms with Crippen LogP contribution < -0.4 is 5.56 Å². The van der Waals surface area contributed by atoms with Crippen molar-refractivity contribution in [1.82, 2.24) is 14.8 Å². The summed E-state index contributed by atoms with van der Waals surface area (Å²) in [5.74, 6) is 0. The maximum Gasteiger partial charge on any atom is 0.283 e. The molecule has 0 amide bonds. The lowest BCUT2D eigenvalue weighted by Crippen LogP contribution is -2.19. The number of thiazole rings is 1. The fourth-order valence-corrected chi connectivity index (χ4v) is 4.47. The number of benzene rings is 3. The van der Waals surface area contributed by atoms with Crippen LogP contribution >= 0.6 is 11.3 Å². The van der Waals surface area contributed by atoms with Gasteiger partial charge in [0.1, 0.15) is 0 Å². The number of nitrogens with zero attached hydrogens (tertiary/aromatic N) is 3. The topological polar surface area (TPSA) is 63.0 Å². The third-order valence-corrected chi connectivity index (χ3v) is 6.14. The standard InChI is InChI=1S/C25H20N4OS/c1-16-12-14-19(15-13-16)26-17(2)22-23(18-8-4-3-5-9-18)28-29(24(22)30)25-27-20-10-6-7-11-21(20)31-25/h3-15,28H,1-2H3. The van der Waals surface area contributed by atoms with Gasteiger partial charge >= 0.3 is 0 Å². The Balaban J connectivity index is 1.71. The molecule has 0 saturated heterocycles. The third kappa shape index (κ3) is 3.62. The molecule has 0 unspecified atom stereocenters. The molecular formula is C25H20N4OS. The minimum atomic E-state index is -0.161. The number of aromatic amines is 1. The Bertz CT molecular complexity index is 1420. The molecule has 2 heterocycles. The van der Waals surface area contributed by atoms with E-state index in [1.807, 2.05) is 92.7 Å². The summed E-state index contributed by atoms with van der Waals surface area (Å²) in [6.07, 6.45) is 0. The van der Waals surface area contributed by atoms with Crippen molar-refractivity contribution in [1.29, 1.82) is 0 Å². The lowest BCUT2D eigenvalue weighted by molar-refractivity contribution is 0.845. The normalized spacial score (nSPS) is 11.9. The van der Waals surface area contributed by atoms with Crippen LogP contribution in [0.15, 0.2) is 88.6 Å². The van der Waals surface area contributed by atoms with Crippen LogP contribution in [0.3, 0.4) is 0 Å². The van der Waals surface area contributed by atoms with Gasteiger partial charge in [-0.3, -0.25) is 14.9 Å². The van der Waals surface area contributed by atoms with E-state index in [9.17, 15) is 4.79 Å². The second kappa shape index (κ2) is 7.81. The van der Waals surface area contributed by atoms with E-state index < -0.39 is 0 Å². The number of fused-ring (bicyclic) bond motifs is 1. The number of nitrogens with one attached hydrogen (secondary N) is 1. The van der Waals surface area contributed by atoms with Gasteiger partial charge in [0.2, 0.25) is 5.13 Å². The predicted molar refractivity (Wildman–Crippen MR) is 128 cm³/mol. The number of aromatic nitrogens is 3. The summed E-state index contributed by atoms with van der Waals surface area (Å²) in [6, 6.07) is 25.7. The SMILES string of the molecule is CC(=Nc1ccc(C)cc1)c1c(-c2ccccc2)[nH]n(-c2nc3ccccc3s2)c1=O. The number of para-hydroxylation sites is 1. The highest BCUT2D eigenvalue weighted by molar-refractivity contribution is 7.20. The van der Waals surface area contributed by atoms with Crippen molar-refractivity contribution < 1.29 is 0 Å². The second-order valence-corrected chi connectivity index (χ2v) is 8.37. The number of H-pyrrole nitrogens is 1. The van der Waals surface area contributed by atoms with Crippen molar-refractivity contribution in [3.8, 4) is 16.4 Å². The molecule has 5 aromatic rings. The largest absolute Gasteiger partial charge is 0.288 e. The molecule has 0 aliphatic heterocycles. The van der Waals surface area contributed by atoms with Gasteiger partial charge in [-0.15, -0.1) is 0 Å². The van der Waals surface area contributed by atoms with E-state index >= 15 is 0 Å². The van der Waals surface area contributed by atoms with Crippen molar-refractivity contribution in [2.75, 3.05) is 0 Å². The fourth-order valence-electron chi connectivity index (χ4n) is 3.55. The lowest BCUT2D eigenvalue weighted by Gasteiger charge is -2.03. The van der Waals surface area contributed by atoms with Crippen LogP contribution in [0.2, 0.25) is 0 Å². The van der Waals surface area contributed by atoms with Gasteiger partial charge in [0.15, 0.2) is 0 Å². The van der Waals surface area contributed by atoms with Crippen LogP contribution in [-0.2, 0) is 0 Å². The highest BCUT2D eigenvalue weighted by atomic mass is 32.1. The van der Waals surface area contributed by atoms with E-state index in [1.54, 1.807) is 0 Å². The zero-order chi connectivity index (χ0) is 21.4. The highest BCUT2D eigenvalue weighted by Crippen LogP contribution is 2.27. The van der Waals surface area contributed by atoms with Crippen molar-refractivity contribution in [2.45, 2.75) is 13.8 Å². The number of hydrogen-bond donors (Lipinski definition) is 1. The molecule has 2 aromatic heterocycles. The molecule has 0 bridgehead atoms. The Morgan fingerprint density at radius 3 is 2.42 bits per heavy atom. The maximum absolute atomic E-state index is 13.5. The van der Waals surface area contributed by atoms with Gasteiger partial charge in [-0.05, 0) is 38.1 Å². The zero-order valence-electron chi connectivity index (χ0n) is 17.2. The first-order chi connectivity index (χ1) is 15.1. The molecule has 3 aromatic carbocycles. The summed E-state index contributed by atoms with van der Waals surface area (Å²) < 4.78 is 2.56. The van der Waals surface area contributed by atoms with Gasteiger partial charge in [0.05, 0.1) is 32.9 Å². The molecule has 5 nitrogen and oxygen atoms in total. The molecule has 0 saturated carbocycles.